The van der Waals surface area contributed by atoms with E-state index in [0.29, 0.717) is 18.9 Å². The molecule has 0 bridgehead atoms. The van der Waals surface area contributed by atoms with Crippen LogP contribution < -0.4 is 9.47 Å². The molecule has 0 radical (unpaired) electrons. The van der Waals surface area contributed by atoms with Crippen LogP contribution in [-0.2, 0) is 0 Å². The predicted molar refractivity (Wildman–Crippen MR) is 91.2 cm³/mol. The molecule has 1 aromatic carbocycles. The van der Waals surface area contributed by atoms with E-state index in [1.165, 1.54) is 11.0 Å². The number of likely N-dealkylation sites (tertiary alicyclic amines) is 1. The van der Waals surface area contributed by atoms with Crippen molar-refractivity contribution in [3.8, 4) is 11.5 Å². The van der Waals surface area contributed by atoms with E-state index in [-0.39, 0.29) is 30.5 Å². The molecule has 2 aliphatic rings. The predicted octanol–water partition coefficient (Wildman–Crippen LogP) is 4.22. The van der Waals surface area contributed by atoms with E-state index in [1.807, 2.05) is 0 Å². The van der Waals surface area contributed by atoms with Crippen LogP contribution in [0.1, 0.15) is 30.7 Å². The summed E-state index contributed by atoms with van der Waals surface area (Å²) < 4.78 is 35.5. The minimum atomic E-state index is -2.96. The van der Waals surface area contributed by atoms with Gasteiger partial charge in [0.25, 0.3) is 0 Å². The summed E-state index contributed by atoms with van der Waals surface area (Å²) in [5.74, 6) is 0.493. The largest absolute Gasteiger partial charge is 0.489 e. The molecule has 1 aromatic rings. The van der Waals surface area contributed by atoms with Gasteiger partial charge in [0.05, 0.1) is 6.61 Å². The average molecular weight is 382 g/mol. The fourth-order valence-electron chi connectivity index (χ4n) is 3.27. The minimum absolute atomic E-state index is 0.0341. The van der Waals surface area contributed by atoms with Gasteiger partial charge < -0.3 is 19.5 Å². The van der Waals surface area contributed by atoms with Crippen LogP contribution >= 0.6 is 0 Å². The Morgan fingerprint density at radius 1 is 1.41 bits per heavy atom. The maximum Gasteiger partial charge on any atom is 0.407 e. The molecule has 0 spiro atoms. The summed E-state index contributed by atoms with van der Waals surface area (Å²) >= 11 is 0. The number of alkyl halides is 2. The minimum Gasteiger partial charge on any atom is -0.489 e. The highest BCUT2D eigenvalue weighted by Gasteiger charge is 2.36. The molecule has 2 fully saturated rings. The molecule has 2 atom stereocenters. The maximum atomic E-state index is 12.6. The quantitative estimate of drug-likeness (QED) is 0.412. The molecule has 1 saturated carbocycles. The summed E-state index contributed by atoms with van der Waals surface area (Å²) in [5.41, 5.74) is 9.26. The molecular formula is C17H20F2N4O4. The van der Waals surface area contributed by atoms with Crippen molar-refractivity contribution >= 4 is 6.09 Å². The molecule has 1 heterocycles. The maximum absolute atomic E-state index is 12.6. The van der Waals surface area contributed by atoms with Gasteiger partial charge in [0.2, 0.25) is 0 Å². The van der Waals surface area contributed by atoms with E-state index in [9.17, 15) is 18.7 Å². The zero-order valence-electron chi connectivity index (χ0n) is 14.5. The fourth-order valence-corrected chi connectivity index (χ4v) is 3.27. The molecule has 146 valence electrons. The number of hydrogen-bond donors (Lipinski definition) is 1. The van der Waals surface area contributed by atoms with Gasteiger partial charge in [-0.25, -0.2) is 4.79 Å². The SMILES string of the molecule is [N-]=[N+]=NC[C@H]1C[C@@H](c2ccc(OC(F)F)c(OCC3CC3)c2)CN1C(=O)O. The molecule has 1 aliphatic carbocycles. The van der Waals surface area contributed by atoms with Crippen LogP contribution in [0, 0.1) is 5.92 Å². The summed E-state index contributed by atoms with van der Waals surface area (Å²) in [5, 5.41) is 12.8. The first-order valence-corrected chi connectivity index (χ1v) is 8.70. The van der Waals surface area contributed by atoms with Gasteiger partial charge in [-0.3, -0.25) is 0 Å². The van der Waals surface area contributed by atoms with E-state index in [4.69, 9.17) is 10.3 Å². The summed E-state index contributed by atoms with van der Waals surface area (Å²) in [6.07, 6.45) is 1.51. The molecule has 0 unspecified atom stereocenters. The Kier molecular flexibility index (Phi) is 5.85. The molecule has 1 saturated heterocycles. The Hall–Kier alpha value is -2.74. The average Bonchev–Trinajstić information content (AvgIpc) is 3.35. The van der Waals surface area contributed by atoms with Gasteiger partial charge in [-0.2, -0.15) is 8.78 Å². The zero-order chi connectivity index (χ0) is 19.4. The molecule has 1 aliphatic heterocycles. The third-order valence-electron chi connectivity index (χ3n) is 4.84. The summed E-state index contributed by atoms with van der Waals surface area (Å²) in [6, 6.07) is 4.29. The number of benzene rings is 1. The molecule has 27 heavy (non-hydrogen) atoms. The van der Waals surface area contributed by atoms with Gasteiger partial charge in [-0.05, 0) is 48.4 Å². The third-order valence-corrected chi connectivity index (χ3v) is 4.84. The van der Waals surface area contributed by atoms with E-state index >= 15 is 0 Å². The second-order valence-electron chi connectivity index (χ2n) is 6.77. The van der Waals surface area contributed by atoms with Crippen molar-refractivity contribution in [2.24, 2.45) is 11.0 Å². The van der Waals surface area contributed by atoms with Crippen molar-refractivity contribution in [2.45, 2.75) is 37.8 Å². The normalized spacial score (nSPS) is 21.8. The zero-order valence-corrected chi connectivity index (χ0v) is 14.5. The second-order valence-corrected chi connectivity index (χ2v) is 6.77. The highest BCUT2D eigenvalue weighted by Crippen LogP contribution is 2.38. The molecule has 1 N–H and O–H groups in total. The van der Waals surface area contributed by atoms with Crippen LogP contribution in [0.15, 0.2) is 23.3 Å². The Labute approximate surface area is 154 Å². The number of halogens is 2. The van der Waals surface area contributed by atoms with Gasteiger partial charge in [0, 0.05) is 30.0 Å². The number of rotatable bonds is 8. The van der Waals surface area contributed by atoms with Gasteiger partial charge in [-0.1, -0.05) is 11.2 Å². The topological polar surface area (TPSA) is 108 Å². The highest BCUT2D eigenvalue weighted by molar-refractivity contribution is 5.66. The third kappa shape index (κ3) is 4.91. The number of carboxylic acid groups (broad SMARTS) is 1. The number of nitrogens with zero attached hydrogens (tertiary/aromatic N) is 4. The molecule has 1 amide bonds. The Balaban J connectivity index is 1.79. The van der Waals surface area contributed by atoms with Gasteiger partial charge in [0.1, 0.15) is 0 Å². The first-order chi connectivity index (χ1) is 13.0. The van der Waals surface area contributed by atoms with Crippen LogP contribution in [0.4, 0.5) is 13.6 Å². The Morgan fingerprint density at radius 2 is 2.19 bits per heavy atom. The standard InChI is InChI=1S/C17H20F2N4O4/c18-16(19)27-14-4-3-11(6-15(14)26-9-10-1-2-10)12-5-13(7-21-22-20)23(8-12)17(24)25/h3-4,6,10,12-13,16H,1-2,5,7-9H2,(H,24,25)/t12-,13-/m1/s1. The van der Waals surface area contributed by atoms with Crippen molar-refractivity contribution in [2.75, 3.05) is 19.7 Å². The van der Waals surface area contributed by atoms with Crippen LogP contribution in [-0.4, -0.2) is 48.4 Å². The molecule has 8 nitrogen and oxygen atoms in total. The lowest BCUT2D eigenvalue weighted by Gasteiger charge is -2.19. The van der Waals surface area contributed by atoms with Crippen LogP contribution in [0.3, 0.4) is 0 Å². The van der Waals surface area contributed by atoms with Crippen molar-refractivity contribution in [3.63, 3.8) is 0 Å². The van der Waals surface area contributed by atoms with Crippen molar-refractivity contribution in [1.82, 2.24) is 4.90 Å². The highest BCUT2D eigenvalue weighted by atomic mass is 19.3. The van der Waals surface area contributed by atoms with Gasteiger partial charge >= 0.3 is 12.7 Å². The lowest BCUT2D eigenvalue weighted by molar-refractivity contribution is -0.0515. The first kappa shape index (κ1) is 19.0. The smallest absolute Gasteiger partial charge is 0.407 e. The lowest BCUT2D eigenvalue weighted by atomic mass is 9.96. The van der Waals surface area contributed by atoms with Crippen molar-refractivity contribution in [1.29, 1.82) is 0 Å². The van der Waals surface area contributed by atoms with Crippen molar-refractivity contribution in [3.05, 3.63) is 34.2 Å². The summed E-state index contributed by atoms with van der Waals surface area (Å²) in [6.45, 7) is -2.23. The number of carbonyl (C=O) groups is 1. The van der Waals surface area contributed by atoms with Gasteiger partial charge in [-0.15, -0.1) is 0 Å². The Morgan fingerprint density at radius 3 is 2.81 bits per heavy atom. The van der Waals surface area contributed by atoms with Crippen LogP contribution in [0.25, 0.3) is 10.4 Å². The van der Waals surface area contributed by atoms with Crippen molar-refractivity contribution < 1.29 is 28.2 Å². The van der Waals surface area contributed by atoms with Crippen LogP contribution in [0.2, 0.25) is 0 Å². The number of ether oxygens (including phenoxy) is 2. The summed E-state index contributed by atoms with van der Waals surface area (Å²) in [7, 11) is 0. The van der Waals surface area contributed by atoms with E-state index in [2.05, 4.69) is 14.8 Å². The number of hydrogen-bond acceptors (Lipinski definition) is 4. The van der Waals surface area contributed by atoms with E-state index in [0.717, 1.165) is 18.4 Å². The molecular weight excluding hydrogens is 362 g/mol. The first-order valence-electron chi connectivity index (χ1n) is 8.70. The van der Waals surface area contributed by atoms with E-state index in [1.54, 1.807) is 12.1 Å². The Bertz CT molecular complexity index is 738. The lowest BCUT2D eigenvalue weighted by Crippen LogP contribution is -2.36. The summed E-state index contributed by atoms with van der Waals surface area (Å²) in [4.78, 5) is 15.4. The number of amides is 1. The van der Waals surface area contributed by atoms with E-state index < -0.39 is 18.7 Å². The molecule has 10 heteroatoms. The number of azide groups is 1. The molecule has 3 rings (SSSR count). The second kappa shape index (κ2) is 8.30. The van der Waals surface area contributed by atoms with Crippen LogP contribution in [0.5, 0.6) is 11.5 Å². The molecule has 0 aromatic heterocycles. The fraction of sp³-hybridized carbons (Fsp3) is 0.588. The van der Waals surface area contributed by atoms with Gasteiger partial charge in [0.15, 0.2) is 11.5 Å². The monoisotopic (exact) mass is 382 g/mol.